The van der Waals surface area contributed by atoms with Gasteiger partial charge in [0.15, 0.2) is 6.10 Å². The molecular weight excluding hydrogens is 318 g/mol. The van der Waals surface area contributed by atoms with E-state index in [9.17, 15) is 4.79 Å². The summed E-state index contributed by atoms with van der Waals surface area (Å²) in [6.07, 6.45) is 1.62. The molecule has 0 heterocycles. The Hall–Kier alpha value is -2.95. The van der Waals surface area contributed by atoms with Crippen molar-refractivity contribution < 1.29 is 19.0 Å². The van der Waals surface area contributed by atoms with E-state index in [1.165, 1.54) is 0 Å². The molecule has 5 heteroatoms. The molecule has 1 atom stereocenters. The maximum Gasteiger partial charge on any atom is 0.265 e. The van der Waals surface area contributed by atoms with Crippen molar-refractivity contribution in [3.63, 3.8) is 0 Å². The quantitative estimate of drug-likeness (QED) is 0.699. The molecule has 0 bridgehead atoms. The van der Waals surface area contributed by atoms with Crippen molar-refractivity contribution in [3.8, 4) is 17.2 Å². The zero-order valence-corrected chi connectivity index (χ0v) is 14.5. The predicted octanol–water partition coefficient (Wildman–Crippen LogP) is 4.06. The van der Waals surface area contributed by atoms with E-state index in [0.717, 1.165) is 5.75 Å². The minimum atomic E-state index is -0.592. The molecule has 0 aromatic heterocycles. The third-order valence-electron chi connectivity index (χ3n) is 3.47. The first kappa shape index (κ1) is 18.4. The lowest BCUT2D eigenvalue weighted by atomic mass is 10.2. The fraction of sp³-hybridized carbons (Fsp3) is 0.250. The van der Waals surface area contributed by atoms with E-state index in [0.29, 0.717) is 30.2 Å². The number of methoxy groups -OCH3 is 1. The summed E-state index contributed by atoms with van der Waals surface area (Å²) >= 11 is 0. The minimum Gasteiger partial charge on any atom is -0.497 e. The van der Waals surface area contributed by atoms with Crippen LogP contribution in [0.3, 0.4) is 0 Å². The van der Waals surface area contributed by atoms with Crippen molar-refractivity contribution in [2.24, 2.45) is 0 Å². The SMILES string of the molecule is C=CCOc1cccc(NC(=O)[C@H](CC)Oc2ccc(OC)cc2)c1. The van der Waals surface area contributed by atoms with Gasteiger partial charge in [0.1, 0.15) is 23.9 Å². The van der Waals surface area contributed by atoms with E-state index in [-0.39, 0.29) is 5.91 Å². The van der Waals surface area contributed by atoms with E-state index in [1.54, 1.807) is 49.6 Å². The number of rotatable bonds is 9. The molecule has 5 nitrogen and oxygen atoms in total. The highest BCUT2D eigenvalue weighted by Crippen LogP contribution is 2.21. The molecule has 0 radical (unpaired) electrons. The first-order chi connectivity index (χ1) is 12.2. The van der Waals surface area contributed by atoms with E-state index >= 15 is 0 Å². The van der Waals surface area contributed by atoms with Gasteiger partial charge in [-0.15, -0.1) is 0 Å². The summed E-state index contributed by atoms with van der Waals surface area (Å²) in [5.41, 5.74) is 0.656. The van der Waals surface area contributed by atoms with Gasteiger partial charge in [0, 0.05) is 11.8 Å². The molecule has 25 heavy (non-hydrogen) atoms. The van der Waals surface area contributed by atoms with E-state index in [4.69, 9.17) is 14.2 Å². The molecule has 2 rings (SSSR count). The summed E-state index contributed by atoms with van der Waals surface area (Å²) in [6, 6.07) is 14.3. The number of amides is 1. The van der Waals surface area contributed by atoms with Gasteiger partial charge in [0.05, 0.1) is 7.11 Å². The van der Waals surface area contributed by atoms with Gasteiger partial charge in [-0.2, -0.15) is 0 Å². The Balaban J connectivity index is 2.00. The van der Waals surface area contributed by atoms with Gasteiger partial charge in [0.25, 0.3) is 5.91 Å². The highest BCUT2D eigenvalue weighted by atomic mass is 16.5. The van der Waals surface area contributed by atoms with Crippen LogP contribution in [0.2, 0.25) is 0 Å². The summed E-state index contributed by atoms with van der Waals surface area (Å²) in [4.78, 5) is 12.5. The minimum absolute atomic E-state index is 0.209. The highest BCUT2D eigenvalue weighted by molar-refractivity contribution is 5.94. The molecule has 0 unspecified atom stereocenters. The second-order valence-corrected chi connectivity index (χ2v) is 5.31. The standard InChI is InChI=1S/C20H23NO4/c1-4-13-24-18-8-6-7-15(14-18)21-20(22)19(5-2)25-17-11-9-16(23-3)10-12-17/h4,6-12,14,19H,1,5,13H2,2-3H3,(H,21,22)/t19-/m0/s1. The zero-order chi connectivity index (χ0) is 18.1. The molecular formula is C20H23NO4. The number of benzene rings is 2. The Kier molecular flexibility index (Phi) is 6.89. The summed E-state index contributed by atoms with van der Waals surface area (Å²) in [5, 5.41) is 2.86. The maximum absolute atomic E-state index is 12.5. The number of carbonyl (C=O) groups is 1. The fourth-order valence-electron chi connectivity index (χ4n) is 2.18. The molecule has 2 aromatic rings. The average molecular weight is 341 g/mol. The molecule has 0 spiro atoms. The van der Waals surface area contributed by atoms with Crippen LogP contribution >= 0.6 is 0 Å². The second-order valence-electron chi connectivity index (χ2n) is 5.31. The molecule has 132 valence electrons. The lowest BCUT2D eigenvalue weighted by Gasteiger charge is -2.17. The first-order valence-electron chi connectivity index (χ1n) is 8.11. The van der Waals surface area contributed by atoms with Crippen molar-refractivity contribution in [1.29, 1.82) is 0 Å². The van der Waals surface area contributed by atoms with Crippen LogP contribution in [0.5, 0.6) is 17.2 Å². The molecule has 0 aliphatic heterocycles. The highest BCUT2D eigenvalue weighted by Gasteiger charge is 2.18. The van der Waals surface area contributed by atoms with Gasteiger partial charge in [-0.05, 0) is 42.8 Å². The maximum atomic E-state index is 12.5. The van der Waals surface area contributed by atoms with E-state index < -0.39 is 6.10 Å². The second kappa shape index (κ2) is 9.37. The van der Waals surface area contributed by atoms with Crippen LogP contribution in [0.15, 0.2) is 61.2 Å². The number of ether oxygens (including phenoxy) is 3. The van der Waals surface area contributed by atoms with Crippen molar-refractivity contribution in [2.45, 2.75) is 19.4 Å². The van der Waals surface area contributed by atoms with Crippen LogP contribution < -0.4 is 19.5 Å². The van der Waals surface area contributed by atoms with Crippen molar-refractivity contribution in [2.75, 3.05) is 19.0 Å². The number of anilines is 1. The normalized spacial score (nSPS) is 11.3. The van der Waals surface area contributed by atoms with Crippen LogP contribution in [-0.4, -0.2) is 25.7 Å². The Morgan fingerprint density at radius 2 is 1.88 bits per heavy atom. The Morgan fingerprint density at radius 3 is 2.52 bits per heavy atom. The van der Waals surface area contributed by atoms with Crippen molar-refractivity contribution in [3.05, 3.63) is 61.2 Å². The lowest BCUT2D eigenvalue weighted by Crippen LogP contribution is -2.32. The molecule has 2 aromatic carbocycles. The van der Waals surface area contributed by atoms with Crippen LogP contribution in [0.4, 0.5) is 5.69 Å². The van der Waals surface area contributed by atoms with Crippen LogP contribution in [0.1, 0.15) is 13.3 Å². The monoisotopic (exact) mass is 341 g/mol. The zero-order valence-electron chi connectivity index (χ0n) is 14.5. The van der Waals surface area contributed by atoms with Gasteiger partial charge >= 0.3 is 0 Å². The number of hydrogen-bond acceptors (Lipinski definition) is 4. The van der Waals surface area contributed by atoms with Gasteiger partial charge in [-0.25, -0.2) is 0 Å². The Bertz CT molecular complexity index is 697. The lowest BCUT2D eigenvalue weighted by molar-refractivity contribution is -0.122. The number of hydrogen-bond donors (Lipinski definition) is 1. The summed E-state index contributed by atoms with van der Waals surface area (Å²) in [5.74, 6) is 1.81. The summed E-state index contributed by atoms with van der Waals surface area (Å²) < 4.78 is 16.4. The van der Waals surface area contributed by atoms with Crippen LogP contribution in [0.25, 0.3) is 0 Å². The number of nitrogens with one attached hydrogen (secondary N) is 1. The molecule has 0 saturated carbocycles. The molecule has 1 amide bonds. The molecule has 0 aliphatic rings. The van der Waals surface area contributed by atoms with E-state index in [2.05, 4.69) is 11.9 Å². The Labute approximate surface area is 148 Å². The van der Waals surface area contributed by atoms with Crippen molar-refractivity contribution >= 4 is 11.6 Å². The van der Waals surface area contributed by atoms with E-state index in [1.807, 2.05) is 19.1 Å². The topological polar surface area (TPSA) is 56.8 Å². The molecule has 1 N–H and O–H groups in total. The summed E-state index contributed by atoms with van der Waals surface area (Å²) in [7, 11) is 1.60. The third kappa shape index (κ3) is 5.57. The molecule has 0 fully saturated rings. The number of carbonyl (C=O) groups excluding carboxylic acids is 1. The van der Waals surface area contributed by atoms with Gasteiger partial charge < -0.3 is 19.5 Å². The largest absolute Gasteiger partial charge is 0.497 e. The van der Waals surface area contributed by atoms with Gasteiger partial charge in [0.2, 0.25) is 0 Å². The Morgan fingerprint density at radius 1 is 1.16 bits per heavy atom. The van der Waals surface area contributed by atoms with Crippen molar-refractivity contribution in [1.82, 2.24) is 0 Å². The van der Waals surface area contributed by atoms with Crippen LogP contribution in [-0.2, 0) is 4.79 Å². The fourth-order valence-corrected chi connectivity index (χ4v) is 2.18. The predicted molar refractivity (Wildman–Crippen MR) is 98.5 cm³/mol. The molecule has 0 saturated heterocycles. The first-order valence-corrected chi connectivity index (χ1v) is 8.11. The summed E-state index contributed by atoms with van der Waals surface area (Å²) in [6.45, 7) is 5.92. The third-order valence-corrected chi connectivity index (χ3v) is 3.47. The molecule has 0 aliphatic carbocycles. The van der Waals surface area contributed by atoms with Gasteiger partial charge in [-0.1, -0.05) is 25.6 Å². The van der Waals surface area contributed by atoms with Gasteiger partial charge in [-0.3, -0.25) is 4.79 Å². The van der Waals surface area contributed by atoms with Crippen LogP contribution in [0, 0.1) is 0 Å². The smallest absolute Gasteiger partial charge is 0.265 e. The average Bonchev–Trinajstić information content (AvgIpc) is 2.65.